The Bertz CT molecular complexity index is 183. The van der Waals surface area contributed by atoms with Crippen molar-refractivity contribution >= 4 is 5.91 Å². The van der Waals surface area contributed by atoms with Gasteiger partial charge in [0, 0.05) is 19.6 Å². The third-order valence-corrected chi connectivity index (χ3v) is 3.02. The molecule has 1 atom stereocenters. The lowest BCUT2D eigenvalue weighted by Gasteiger charge is -2.09. The van der Waals surface area contributed by atoms with E-state index in [1.54, 1.807) is 0 Å². The van der Waals surface area contributed by atoms with Crippen LogP contribution in [0.2, 0.25) is 0 Å². The van der Waals surface area contributed by atoms with E-state index in [2.05, 4.69) is 26.1 Å². The topological polar surface area (TPSA) is 38.3 Å². The number of carbonyl (C=O) groups is 1. The minimum absolute atomic E-state index is 0.115. The van der Waals surface area contributed by atoms with Crippen LogP contribution in [0.15, 0.2) is 0 Å². The summed E-state index contributed by atoms with van der Waals surface area (Å²) in [4.78, 5) is 11.4. The van der Waals surface area contributed by atoms with Crippen LogP contribution in [-0.2, 0) is 9.53 Å². The molecule has 0 aliphatic rings. The van der Waals surface area contributed by atoms with Crippen molar-refractivity contribution in [2.75, 3.05) is 19.8 Å². The third kappa shape index (κ3) is 11.7. The molecular formula is C14H29NO2. The molecule has 3 nitrogen and oxygen atoms in total. The fraction of sp³-hybridized carbons (Fsp3) is 0.929. The second-order valence-electron chi connectivity index (χ2n) is 4.72. The van der Waals surface area contributed by atoms with Gasteiger partial charge in [-0.2, -0.15) is 0 Å². The lowest BCUT2D eigenvalue weighted by Crippen LogP contribution is -2.26. The minimum atomic E-state index is 0.115. The van der Waals surface area contributed by atoms with Crippen LogP contribution in [0.25, 0.3) is 0 Å². The van der Waals surface area contributed by atoms with E-state index >= 15 is 0 Å². The van der Waals surface area contributed by atoms with Crippen molar-refractivity contribution in [2.45, 2.75) is 59.3 Å². The Morgan fingerprint density at radius 3 is 2.65 bits per heavy atom. The summed E-state index contributed by atoms with van der Waals surface area (Å²) in [5.41, 5.74) is 0. The van der Waals surface area contributed by atoms with Gasteiger partial charge in [-0.15, -0.1) is 0 Å². The molecule has 1 N–H and O–H groups in total. The van der Waals surface area contributed by atoms with Gasteiger partial charge in [-0.1, -0.05) is 40.0 Å². The molecule has 0 aromatic heterocycles. The molecule has 1 unspecified atom stereocenters. The lowest BCUT2D eigenvalue weighted by molar-refractivity contribution is -0.122. The van der Waals surface area contributed by atoms with E-state index < -0.39 is 0 Å². The van der Waals surface area contributed by atoms with E-state index in [0.29, 0.717) is 18.9 Å². The number of rotatable bonds is 11. The molecule has 102 valence electrons. The van der Waals surface area contributed by atoms with Crippen LogP contribution in [0.5, 0.6) is 0 Å². The summed E-state index contributed by atoms with van der Waals surface area (Å²) >= 11 is 0. The summed E-state index contributed by atoms with van der Waals surface area (Å²) in [6.07, 6.45) is 6.26. The summed E-state index contributed by atoms with van der Waals surface area (Å²) in [7, 11) is 0. The van der Waals surface area contributed by atoms with E-state index in [9.17, 15) is 4.79 Å². The van der Waals surface area contributed by atoms with Gasteiger partial charge < -0.3 is 10.1 Å². The number of nitrogens with one attached hydrogen (secondary N) is 1. The monoisotopic (exact) mass is 243 g/mol. The second-order valence-corrected chi connectivity index (χ2v) is 4.72. The van der Waals surface area contributed by atoms with E-state index in [1.165, 1.54) is 19.3 Å². The van der Waals surface area contributed by atoms with E-state index in [1.807, 2.05) is 0 Å². The molecule has 0 spiro atoms. The maximum atomic E-state index is 11.4. The standard InChI is InChI=1S/C14H29NO2/c1-4-6-7-11-17-12-9-14(16)15-10-8-13(3)5-2/h13H,4-12H2,1-3H3,(H,15,16). The molecule has 0 rings (SSSR count). The number of ether oxygens (including phenoxy) is 1. The van der Waals surface area contributed by atoms with E-state index in [4.69, 9.17) is 4.74 Å². The first-order chi connectivity index (χ1) is 8.20. The molecule has 0 radical (unpaired) electrons. The van der Waals surface area contributed by atoms with Crippen LogP contribution in [0.4, 0.5) is 0 Å². The van der Waals surface area contributed by atoms with Crippen LogP contribution in [0.3, 0.4) is 0 Å². The molecule has 0 bridgehead atoms. The molecule has 0 heterocycles. The van der Waals surface area contributed by atoms with Gasteiger partial charge in [0.25, 0.3) is 0 Å². The first kappa shape index (κ1) is 16.4. The normalized spacial score (nSPS) is 12.4. The van der Waals surface area contributed by atoms with Gasteiger partial charge in [0.05, 0.1) is 6.61 Å². The van der Waals surface area contributed by atoms with Crippen molar-refractivity contribution in [1.29, 1.82) is 0 Å². The van der Waals surface area contributed by atoms with Crippen molar-refractivity contribution in [2.24, 2.45) is 5.92 Å². The van der Waals surface area contributed by atoms with Gasteiger partial charge in [0.2, 0.25) is 5.91 Å². The number of hydrogen-bond acceptors (Lipinski definition) is 2. The summed E-state index contributed by atoms with van der Waals surface area (Å²) in [5, 5.41) is 2.93. The first-order valence-electron chi connectivity index (χ1n) is 7.05. The maximum absolute atomic E-state index is 11.4. The number of unbranched alkanes of at least 4 members (excludes halogenated alkanes) is 2. The van der Waals surface area contributed by atoms with Gasteiger partial charge in [-0.05, 0) is 18.8 Å². The van der Waals surface area contributed by atoms with Crippen LogP contribution < -0.4 is 5.32 Å². The molecule has 17 heavy (non-hydrogen) atoms. The van der Waals surface area contributed by atoms with Crippen molar-refractivity contribution in [3.8, 4) is 0 Å². The van der Waals surface area contributed by atoms with Gasteiger partial charge in [0.15, 0.2) is 0 Å². The maximum Gasteiger partial charge on any atom is 0.222 e. The molecule has 0 aliphatic heterocycles. The molecule has 0 fully saturated rings. The van der Waals surface area contributed by atoms with Crippen molar-refractivity contribution < 1.29 is 9.53 Å². The summed E-state index contributed by atoms with van der Waals surface area (Å²) in [6.45, 7) is 8.70. The van der Waals surface area contributed by atoms with Crippen molar-refractivity contribution in [3.05, 3.63) is 0 Å². The van der Waals surface area contributed by atoms with E-state index in [0.717, 1.165) is 26.0 Å². The Morgan fingerprint density at radius 2 is 2.00 bits per heavy atom. The Morgan fingerprint density at radius 1 is 1.24 bits per heavy atom. The third-order valence-electron chi connectivity index (χ3n) is 3.02. The van der Waals surface area contributed by atoms with E-state index in [-0.39, 0.29) is 5.91 Å². The fourth-order valence-corrected chi connectivity index (χ4v) is 1.47. The Balaban J connectivity index is 3.23. The molecule has 0 aromatic carbocycles. The Labute approximate surface area is 106 Å². The van der Waals surface area contributed by atoms with Gasteiger partial charge >= 0.3 is 0 Å². The average molecular weight is 243 g/mol. The molecular weight excluding hydrogens is 214 g/mol. The predicted molar refractivity (Wildman–Crippen MR) is 72.0 cm³/mol. The zero-order chi connectivity index (χ0) is 12.9. The highest BCUT2D eigenvalue weighted by molar-refractivity contribution is 5.75. The lowest BCUT2D eigenvalue weighted by atomic mass is 10.1. The smallest absolute Gasteiger partial charge is 0.222 e. The Kier molecular flexibility index (Phi) is 11.5. The number of amides is 1. The van der Waals surface area contributed by atoms with Crippen LogP contribution in [0.1, 0.15) is 59.3 Å². The second kappa shape index (κ2) is 11.9. The summed E-state index contributed by atoms with van der Waals surface area (Å²) < 4.78 is 5.39. The highest BCUT2D eigenvalue weighted by atomic mass is 16.5. The van der Waals surface area contributed by atoms with Crippen LogP contribution in [0, 0.1) is 5.92 Å². The van der Waals surface area contributed by atoms with Crippen LogP contribution in [-0.4, -0.2) is 25.7 Å². The number of hydrogen-bond donors (Lipinski definition) is 1. The molecule has 0 saturated heterocycles. The van der Waals surface area contributed by atoms with Crippen molar-refractivity contribution in [3.63, 3.8) is 0 Å². The van der Waals surface area contributed by atoms with Crippen LogP contribution >= 0.6 is 0 Å². The van der Waals surface area contributed by atoms with Gasteiger partial charge in [0.1, 0.15) is 0 Å². The highest BCUT2D eigenvalue weighted by Crippen LogP contribution is 2.04. The largest absolute Gasteiger partial charge is 0.381 e. The molecule has 3 heteroatoms. The van der Waals surface area contributed by atoms with Gasteiger partial charge in [-0.3, -0.25) is 4.79 Å². The zero-order valence-electron chi connectivity index (χ0n) is 11.8. The SMILES string of the molecule is CCCCCOCCC(=O)NCCC(C)CC. The predicted octanol–water partition coefficient (Wildman–Crippen LogP) is 3.14. The zero-order valence-corrected chi connectivity index (χ0v) is 11.8. The average Bonchev–Trinajstić information content (AvgIpc) is 2.33. The molecule has 0 aliphatic carbocycles. The first-order valence-corrected chi connectivity index (χ1v) is 7.05. The summed E-state index contributed by atoms with van der Waals surface area (Å²) in [6, 6.07) is 0. The van der Waals surface area contributed by atoms with Crippen molar-refractivity contribution in [1.82, 2.24) is 5.32 Å². The number of carbonyl (C=O) groups excluding carboxylic acids is 1. The molecule has 0 aromatic rings. The minimum Gasteiger partial charge on any atom is -0.381 e. The highest BCUT2D eigenvalue weighted by Gasteiger charge is 2.02. The summed E-state index contributed by atoms with van der Waals surface area (Å²) in [5.74, 6) is 0.810. The van der Waals surface area contributed by atoms with Gasteiger partial charge in [-0.25, -0.2) is 0 Å². The quantitative estimate of drug-likeness (QED) is 0.566. The molecule has 1 amide bonds. The Hall–Kier alpha value is -0.570. The fourth-order valence-electron chi connectivity index (χ4n) is 1.47. The molecule has 0 saturated carbocycles.